The first-order valence-corrected chi connectivity index (χ1v) is 5.83. The Kier molecular flexibility index (Phi) is 3.09. The Balaban J connectivity index is 3.36. The van der Waals surface area contributed by atoms with Crippen LogP contribution in [0.1, 0.15) is 10.4 Å². The highest BCUT2D eigenvalue weighted by molar-refractivity contribution is 7.90. The molecule has 0 bridgehead atoms. The molecule has 82 valence electrons. The van der Waals surface area contributed by atoms with E-state index in [1.165, 1.54) is 0 Å². The van der Waals surface area contributed by atoms with Crippen LogP contribution in [0.15, 0.2) is 23.1 Å². The van der Waals surface area contributed by atoms with Gasteiger partial charge < -0.3 is 4.74 Å². The van der Waals surface area contributed by atoms with E-state index < -0.39 is 21.6 Å². The molecule has 0 amide bonds. The third-order valence-electron chi connectivity index (χ3n) is 1.77. The highest BCUT2D eigenvalue weighted by Crippen LogP contribution is 2.15. The molecule has 0 heterocycles. The van der Waals surface area contributed by atoms with Gasteiger partial charge in [0.2, 0.25) is 0 Å². The Labute approximate surface area is 86.6 Å². The van der Waals surface area contributed by atoms with Gasteiger partial charge in [-0.05, 0) is 18.2 Å². The summed E-state index contributed by atoms with van der Waals surface area (Å²) in [5.41, 5.74) is -0.388. The number of esters is 1. The lowest BCUT2D eigenvalue weighted by Crippen LogP contribution is -2.07. The monoisotopic (exact) mass is 232 g/mol. The van der Waals surface area contributed by atoms with E-state index in [1.54, 1.807) is 0 Å². The minimum absolute atomic E-state index is 0.121. The van der Waals surface area contributed by atoms with Crippen molar-refractivity contribution >= 4 is 15.8 Å². The van der Waals surface area contributed by atoms with Gasteiger partial charge in [-0.25, -0.2) is 17.6 Å². The van der Waals surface area contributed by atoms with Crippen LogP contribution >= 0.6 is 0 Å². The van der Waals surface area contributed by atoms with Crippen LogP contribution in [0.3, 0.4) is 0 Å². The number of sulfone groups is 1. The van der Waals surface area contributed by atoms with Gasteiger partial charge in [-0.15, -0.1) is 0 Å². The zero-order chi connectivity index (χ0) is 11.6. The molecule has 1 aromatic carbocycles. The lowest BCUT2D eigenvalue weighted by molar-refractivity contribution is 0.0595. The molecular formula is C9H9FO4S. The molecule has 0 fully saturated rings. The third kappa shape index (κ3) is 2.53. The van der Waals surface area contributed by atoms with Crippen LogP contribution < -0.4 is 0 Å². The zero-order valence-electron chi connectivity index (χ0n) is 8.15. The summed E-state index contributed by atoms with van der Waals surface area (Å²) in [6, 6.07) is 2.97. The summed E-state index contributed by atoms with van der Waals surface area (Å²) >= 11 is 0. The molecule has 6 heteroatoms. The molecule has 0 atom stereocenters. The van der Waals surface area contributed by atoms with E-state index in [9.17, 15) is 17.6 Å². The molecule has 0 aliphatic carbocycles. The number of hydrogen-bond donors (Lipinski definition) is 0. The summed E-state index contributed by atoms with van der Waals surface area (Å²) < 4.78 is 39.7. The normalized spacial score (nSPS) is 11.1. The van der Waals surface area contributed by atoms with Crippen molar-refractivity contribution in [3.63, 3.8) is 0 Å². The van der Waals surface area contributed by atoms with E-state index in [2.05, 4.69) is 4.74 Å². The number of methoxy groups -OCH3 is 1. The van der Waals surface area contributed by atoms with Gasteiger partial charge in [-0.2, -0.15) is 0 Å². The third-order valence-corrected chi connectivity index (χ3v) is 2.88. The molecule has 4 nitrogen and oxygen atoms in total. The van der Waals surface area contributed by atoms with Gasteiger partial charge in [0.25, 0.3) is 0 Å². The standard InChI is InChI=1S/C9H9FO4S/c1-14-9(11)7-5-6(15(2,12)13)3-4-8(7)10/h3-5H,1-2H3. The molecule has 1 aromatic rings. The Hall–Kier alpha value is -1.43. The molecule has 1 rings (SSSR count). The summed E-state index contributed by atoms with van der Waals surface area (Å²) in [6.45, 7) is 0. The van der Waals surface area contributed by atoms with Gasteiger partial charge in [0, 0.05) is 6.26 Å². The van der Waals surface area contributed by atoms with Crippen molar-refractivity contribution in [2.75, 3.05) is 13.4 Å². The number of carbonyl (C=O) groups excluding carboxylic acids is 1. The summed E-state index contributed by atoms with van der Waals surface area (Å²) in [5.74, 6) is -1.72. The smallest absolute Gasteiger partial charge is 0.340 e. The molecule has 0 aliphatic rings. The highest BCUT2D eigenvalue weighted by atomic mass is 32.2. The number of hydrogen-bond acceptors (Lipinski definition) is 4. The van der Waals surface area contributed by atoms with Gasteiger partial charge >= 0.3 is 5.97 Å². The summed E-state index contributed by atoms with van der Waals surface area (Å²) in [6.07, 6.45) is 0.974. The Morgan fingerprint density at radius 2 is 2.00 bits per heavy atom. The predicted octanol–water partition coefficient (Wildman–Crippen LogP) is 1.02. The van der Waals surface area contributed by atoms with Crippen molar-refractivity contribution in [3.05, 3.63) is 29.6 Å². The molecule has 0 saturated heterocycles. The summed E-state index contributed by atoms with van der Waals surface area (Å²) in [4.78, 5) is 10.9. The topological polar surface area (TPSA) is 60.4 Å². The fraction of sp³-hybridized carbons (Fsp3) is 0.222. The second kappa shape index (κ2) is 3.98. The molecular weight excluding hydrogens is 223 g/mol. The van der Waals surface area contributed by atoms with E-state index in [4.69, 9.17) is 0 Å². The van der Waals surface area contributed by atoms with Crippen molar-refractivity contribution in [2.24, 2.45) is 0 Å². The van der Waals surface area contributed by atoms with E-state index in [0.717, 1.165) is 31.6 Å². The van der Waals surface area contributed by atoms with Crippen LogP contribution in [0.5, 0.6) is 0 Å². The summed E-state index contributed by atoms with van der Waals surface area (Å²) in [7, 11) is -2.37. The number of carbonyl (C=O) groups is 1. The lowest BCUT2D eigenvalue weighted by atomic mass is 10.2. The van der Waals surface area contributed by atoms with Crippen LogP contribution in [0.4, 0.5) is 4.39 Å². The van der Waals surface area contributed by atoms with Crippen LogP contribution in [-0.2, 0) is 14.6 Å². The summed E-state index contributed by atoms with van der Waals surface area (Å²) in [5, 5.41) is 0. The lowest BCUT2D eigenvalue weighted by Gasteiger charge is -2.03. The van der Waals surface area contributed by atoms with Crippen LogP contribution in [0, 0.1) is 5.82 Å². The second-order valence-electron chi connectivity index (χ2n) is 2.91. The maximum absolute atomic E-state index is 13.1. The molecule has 0 spiro atoms. The minimum Gasteiger partial charge on any atom is -0.465 e. The maximum Gasteiger partial charge on any atom is 0.340 e. The maximum atomic E-state index is 13.1. The number of ether oxygens (including phenoxy) is 1. The van der Waals surface area contributed by atoms with Gasteiger partial charge in [-0.1, -0.05) is 0 Å². The van der Waals surface area contributed by atoms with Crippen LogP contribution in [0.25, 0.3) is 0 Å². The minimum atomic E-state index is -3.46. The molecule has 0 N–H and O–H groups in total. The first-order valence-electron chi connectivity index (χ1n) is 3.94. The SMILES string of the molecule is COC(=O)c1cc(S(C)(=O)=O)ccc1F. The molecule has 0 aliphatic heterocycles. The van der Waals surface area contributed by atoms with Gasteiger partial charge in [0.15, 0.2) is 9.84 Å². The first kappa shape index (κ1) is 11.6. The van der Waals surface area contributed by atoms with Gasteiger partial charge in [0.1, 0.15) is 5.82 Å². The Morgan fingerprint density at radius 3 is 2.47 bits per heavy atom. The molecule has 0 unspecified atom stereocenters. The number of halogens is 1. The Morgan fingerprint density at radius 1 is 1.40 bits per heavy atom. The van der Waals surface area contributed by atoms with Crippen LogP contribution in [-0.4, -0.2) is 27.8 Å². The van der Waals surface area contributed by atoms with Crippen LogP contribution in [0.2, 0.25) is 0 Å². The molecule has 15 heavy (non-hydrogen) atoms. The number of benzene rings is 1. The van der Waals surface area contributed by atoms with E-state index in [-0.39, 0.29) is 10.5 Å². The first-order chi connectivity index (χ1) is 6.86. The van der Waals surface area contributed by atoms with Crippen molar-refractivity contribution in [3.8, 4) is 0 Å². The average molecular weight is 232 g/mol. The zero-order valence-corrected chi connectivity index (χ0v) is 8.97. The molecule has 0 aromatic heterocycles. The predicted molar refractivity (Wildman–Crippen MR) is 50.8 cm³/mol. The molecule has 0 radical (unpaired) electrons. The average Bonchev–Trinajstić information content (AvgIpc) is 2.15. The van der Waals surface area contributed by atoms with E-state index in [1.807, 2.05) is 0 Å². The van der Waals surface area contributed by atoms with E-state index in [0.29, 0.717) is 0 Å². The van der Waals surface area contributed by atoms with Crippen molar-refractivity contribution in [1.82, 2.24) is 0 Å². The number of rotatable bonds is 2. The highest BCUT2D eigenvalue weighted by Gasteiger charge is 2.16. The molecule has 0 saturated carbocycles. The van der Waals surface area contributed by atoms with E-state index >= 15 is 0 Å². The fourth-order valence-electron chi connectivity index (χ4n) is 1.00. The quantitative estimate of drug-likeness (QED) is 0.564. The van der Waals surface area contributed by atoms with Crippen molar-refractivity contribution in [2.45, 2.75) is 4.90 Å². The van der Waals surface area contributed by atoms with Crippen molar-refractivity contribution < 1.29 is 22.3 Å². The Bertz CT molecular complexity index is 493. The van der Waals surface area contributed by atoms with Crippen molar-refractivity contribution in [1.29, 1.82) is 0 Å². The second-order valence-corrected chi connectivity index (χ2v) is 4.92. The van der Waals surface area contributed by atoms with Gasteiger partial charge in [-0.3, -0.25) is 0 Å². The van der Waals surface area contributed by atoms with Gasteiger partial charge in [0.05, 0.1) is 17.6 Å². The largest absolute Gasteiger partial charge is 0.465 e. The fourth-order valence-corrected chi connectivity index (χ4v) is 1.65.